The van der Waals surface area contributed by atoms with E-state index in [1.165, 1.54) is 45.9 Å². The van der Waals surface area contributed by atoms with E-state index in [1.54, 1.807) is 12.1 Å². The Bertz CT molecular complexity index is 1860. The molecule has 3 aliphatic heterocycles. The molecule has 1 aromatic heterocycles. The minimum atomic E-state index is -4.77. The molecule has 0 unspecified atom stereocenters. The number of alkyl halides is 7. The fourth-order valence-corrected chi connectivity index (χ4v) is 8.76. The highest BCUT2D eigenvalue weighted by Gasteiger charge is 2.71. The van der Waals surface area contributed by atoms with Crippen LogP contribution < -0.4 is 5.32 Å². The van der Waals surface area contributed by atoms with Gasteiger partial charge in [0, 0.05) is 83.2 Å². The standard InChI is InChI=1S/C39H46F8N6O5/c1-24(58-20-26-6-8-37(41,42)9-7-26)30(33(56)50-14-12-38(43,44)13-15-50)49-31(54)29-19-51(21-35(29)22-52(23-35)34(57)36(10-11-36)39(45,46)47)32(55)27-16-48-53(18-27)17-25-2-4-28(40)5-3-25/h2-5,16,18,24,26,29-30H,6-15,17,19-23H2,1H3,(H,49,54)/t24-,29+,30+/m1/s1. The molecule has 0 bridgehead atoms. The first kappa shape index (κ1) is 41.9. The molecule has 1 aromatic carbocycles. The average Bonchev–Trinajstić information content (AvgIpc) is 3.70. The zero-order valence-corrected chi connectivity index (χ0v) is 31.9. The zero-order valence-electron chi connectivity index (χ0n) is 31.9. The van der Waals surface area contributed by atoms with Crippen molar-refractivity contribution in [3.63, 3.8) is 0 Å². The van der Waals surface area contributed by atoms with Crippen LogP contribution in [-0.4, -0.2) is 124 Å². The molecule has 3 atom stereocenters. The first-order chi connectivity index (χ1) is 27.2. The fraction of sp³-hybridized carbons (Fsp3) is 0.667. The van der Waals surface area contributed by atoms with Gasteiger partial charge >= 0.3 is 6.18 Å². The highest BCUT2D eigenvalue weighted by atomic mass is 19.4. The van der Waals surface area contributed by atoms with E-state index in [0.29, 0.717) is 5.56 Å². The molecule has 5 aliphatic rings. The number of carbonyl (C=O) groups excluding carboxylic acids is 4. The fourth-order valence-electron chi connectivity index (χ4n) is 8.76. The van der Waals surface area contributed by atoms with Gasteiger partial charge in [-0.1, -0.05) is 12.1 Å². The minimum absolute atomic E-state index is 0.00250. The Kier molecular flexibility index (Phi) is 11.1. The lowest BCUT2D eigenvalue weighted by Crippen LogP contribution is -2.67. The van der Waals surface area contributed by atoms with Gasteiger partial charge < -0.3 is 24.8 Å². The lowest BCUT2D eigenvalue weighted by Gasteiger charge is -2.51. The van der Waals surface area contributed by atoms with Crippen LogP contribution in [0.25, 0.3) is 0 Å². The minimum Gasteiger partial charge on any atom is -0.376 e. The molecule has 2 saturated carbocycles. The molecule has 1 N–H and O–H groups in total. The molecule has 7 rings (SSSR count). The molecule has 5 fully saturated rings. The average molecular weight is 831 g/mol. The predicted octanol–water partition coefficient (Wildman–Crippen LogP) is 5.29. The van der Waals surface area contributed by atoms with Crippen molar-refractivity contribution in [2.75, 3.05) is 45.9 Å². The summed E-state index contributed by atoms with van der Waals surface area (Å²) in [6.45, 7) is 0.211. The van der Waals surface area contributed by atoms with Crippen molar-refractivity contribution in [3.05, 3.63) is 53.6 Å². The maximum absolute atomic E-state index is 14.4. The molecule has 3 saturated heterocycles. The summed E-state index contributed by atoms with van der Waals surface area (Å²) < 4.78 is 118. The van der Waals surface area contributed by atoms with E-state index in [2.05, 4.69) is 10.4 Å². The molecule has 318 valence electrons. The molecule has 0 radical (unpaired) electrons. The van der Waals surface area contributed by atoms with Gasteiger partial charge in [0.15, 0.2) is 0 Å². The third-order valence-corrected chi connectivity index (χ3v) is 12.7. The molecular weight excluding hydrogens is 784 g/mol. The summed E-state index contributed by atoms with van der Waals surface area (Å²) in [6.07, 6.45) is -5.26. The van der Waals surface area contributed by atoms with E-state index in [-0.39, 0.29) is 102 Å². The normalized spacial score (nSPS) is 24.6. The van der Waals surface area contributed by atoms with Gasteiger partial charge in [0.1, 0.15) is 17.3 Å². The van der Waals surface area contributed by atoms with E-state index >= 15 is 0 Å². The number of hydrogen-bond donors (Lipinski definition) is 1. The Morgan fingerprint density at radius 1 is 0.879 bits per heavy atom. The summed E-state index contributed by atoms with van der Waals surface area (Å²) in [5.41, 5.74) is -2.85. The molecule has 2 aromatic rings. The summed E-state index contributed by atoms with van der Waals surface area (Å²) >= 11 is 0. The van der Waals surface area contributed by atoms with Crippen LogP contribution in [0, 0.1) is 28.5 Å². The van der Waals surface area contributed by atoms with Gasteiger partial charge in [0.25, 0.3) is 11.8 Å². The summed E-state index contributed by atoms with van der Waals surface area (Å²) in [5, 5.41) is 6.95. The number of aromatic nitrogens is 2. The number of piperidine rings is 1. The molecule has 58 heavy (non-hydrogen) atoms. The Hall–Kier alpha value is -4.29. The second kappa shape index (κ2) is 15.4. The summed E-state index contributed by atoms with van der Waals surface area (Å²) in [7, 11) is 0. The van der Waals surface area contributed by atoms with Crippen LogP contribution in [0.15, 0.2) is 36.7 Å². The Morgan fingerprint density at radius 3 is 2.09 bits per heavy atom. The topological polar surface area (TPSA) is 117 Å². The molecule has 1 spiro atoms. The van der Waals surface area contributed by atoms with Crippen molar-refractivity contribution in [2.24, 2.45) is 22.7 Å². The predicted molar refractivity (Wildman–Crippen MR) is 189 cm³/mol. The van der Waals surface area contributed by atoms with Gasteiger partial charge in [-0.25, -0.2) is 22.0 Å². The molecule has 2 aliphatic carbocycles. The van der Waals surface area contributed by atoms with Gasteiger partial charge in [-0.15, -0.1) is 0 Å². The third-order valence-electron chi connectivity index (χ3n) is 12.7. The number of amides is 4. The lowest BCUT2D eigenvalue weighted by atomic mass is 9.70. The summed E-state index contributed by atoms with van der Waals surface area (Å²) in [6, 6.07) is 4.25. The zero-order chi connectivity index (χ0) is 41.8. The highest BCUT2D eigenvalue weighted by molar-refractivity contribution is 5.96. The van der Waals surface area contributed by atoms with Crippen LogP contribution in [-0.2, 0) is 25.7 Å². The number of hydrogen-bond acceptors (Lipinski definition) is 6. The SMILES string of the molecule is C[C@@H](OCC1CCC(F)(F)CC1)[C@H](NC(=O)[C@@H]1CN(C(=O)c2cnn(Cc3ccc(F)cc3)c2)CC12CN(C(=O)C1(C(F)(F)F)CC1)C2)C(=O)N1CCC(F)(F)CC1. The maximum Gasteiger partial charge on any atom is 0.403 e. The van der Waals surface area contributed by atoms with Crippen LogP contribution in [0.2, 0.25) is 0 Å². The highest BCUT2D eigenvalue weighted by Crippen LogP contribution is 2.60. The van der Waals surface area contributed by atoms with Crippen LogP contribution in [0.1, 0.15) is 74.2 Å². The molecule has 4 heterocycles. The van der Waals surface area contributed by atoms with E-state index in [9.17, 15) is 54.3 Å². The van der Waals surface area contributed by atoms with Gasteiger partial charge in [-0.2, -0.15) is 18.3 Å². The first-order valence-corrected chi connectivity index (χ1v) is 19.6. The Balaban J connectivity index is 1.10. The molecular formula is C39H46F8N6O5. The van der Waals surface area contributed by atoms with Crippen molar-refractivity contribution in [1.82, 2.24) is 29.8 Å². The van der Waals surface area contributed by atoms with Gasteiger partial charge in [-0.3, -0.25) is 23.9 Å². The van der Waals surface area contributed by atoms with Crippen LogP contribution in [0.4, 0.5) is 35.1 Å². The number of benzene rings is 1. The van der Waals surface area contributed by atoms with Crippen molar-refractivity contribution < 1.29 is 59.0 Å². The number of ether oxygens (including phenoxy) is 1. The quantitative estimate of drug-likeness (QED) is 0.308. The second-order valence-corrected chi connectivity index (χ2v) is 16.9. The number of rotatable bonds is 11. The number of likely N-dealkylation sites (tertiary alicyclic amines) is 3. The van der Waals surface area contributed by atoms with E-state index in [1.807, 2.05) is 0 Å². The Labute approximate surface area is 329 Å². The lowest BCUT2D eigenvalue weighted by molar-refractivity contribution is -0.205. The van der Waals surface area contributed by atoms with Crippen molar-refractivity contribution in [1.29, 1.82) is 0 Å². The number of carbonyl (C=O) groups is 4. The van der Waals surface area contributed by atoms with E-state index < -0.39 is 89.2 Å². The van der Waals surface area contributed by atoms with Gasteiger partial charge in [0.05, 0.1) is 30.3 Å². The monoisotopic (exact) mass is 830 g/mol. The number of halogens is 8. The summed E-state index contributed by atoms with van der Waals surface area (Å²) in [5.74, 6) is -10.7. The van der Waals surface area contributed by atoms with Crippen LogP contribution >= 0.6 is 0 Å². The second-order valence-electron chi connectivity index (χ2n) is 16.9. The molecule has 4 amide bonds. The summed E-state index contributed by atoms with van der Waals surface area (Å²) in [4.78, 5) is 59.1. The van der Waals surface area contributed by atoms with Crippen molar-refractivity contribution >= 4 is 23.6 Å². The maximum atomic E-state index is 14.4. The van der Waals surface area contributed by atoms with Crippen molar-refractivity contribution in [3.8, 4) is 0 Å². The van der Waals surface area contributed by atoms with Crippen LogP contribution in [0.5, 0.6) is 0 Å². The first-order valence-electron chi connectivity index (χ1n) is 19.6. The number of nitrogens with zero attached hydrogens (tertiary/aromatic N) is 5. The van der Waals surface area contributed by atoms with Gasteiger partial charge in [-0.05, 0) is 56.2 Å². The largest absolute Gasteiger partial charge is 0.403 e. The van der Waals surface area contributed by atoms with E-state index in [0.717, 1.165) is 4.90 Å². The number of nitrogens with one attached hydrogen (secondary N) is 1. The smallest absolute Gasteiger partial charge is 0.376 e. The Morgan fingerprint density at radius 2 is 1.48 bits per heavy atom. The van der Waals surface area contributed by atoms with Crippen LogP contribution in [0.3, 0.4) is 0 Å². The van der Waals surface area contributed by atoms with Gasteiger partial charge in [0.2, 0.25) is 23.6 Å². The third kappa shape index (κ3) is 8.55. The van der Waals surface area contributed by atoms with E-state index in [4.69, 9.17) is 4.74 Å². The van der Waals surface area contributed by atoms with Crippen molar-refractivity contribution in [2.45, 2.75) is 95.0 Å². The molecule has 19 heteroatoms. The molecule has 11 nitrogen and oxygen atoms in total.